The third-order valence-electron chi connectivity index (χ3n) is 3.12. The van der Waals surface area contributed by atoms with E-state index in [0.29, 0.717) is 18.8 Å². The second-order valence-electron chi connectivity index (χ2n) is 4.35. The number of halogens is 2. The predicted octanol–water partition coefficient (Wildman–Crippen LogP) is 2.43. The van der Waals surface area contributed by atoms with E-state index in [1.807, 2.05) is 0 Å². The summed E-state index contributed by atoms with van der Waals surface area (Å²) in [5, 5.41) is 3.22. The van der Waals surface area contributed by atoms with E-state index in [9.17, 15) is 9.18 Å². The molecule has 0 saturated carbocycles. The molecule has 0 spiro atoms. The highest BCUT2D eigenvalue weighted by molar-refractivity contribution is 6.31. The molecule has 0 aliphatic carbocycles. The summed E-state index contributed by atoms with van der Waals surface area (Å²) in [5.41, 5.74) is 5.60. The Bertz CT molecular complexity index is 447. The van der Waals surface area contributed by atoms with Crippen LogP contribution in [-0.2, 0) is 0 Å². The lowest BCUT2D eigenvalue weighted by Crippen LogP contribution is -2.44. The van der Waals surface area contributed by atoms with Crippen LogP contribution in [0.15, 0.2) is 18.2 Å². The number of hydrogen-bond donors (Lipinski definition) is 2. The molecular weight excluding hydrogens is 257 g/mol. The van der Waals surface area contributed by atoms with E-state index in [1.165, 1.54) is 6.07 Å². The van der Waals surface area contributed by atoms with Gasteiger partial charge >= 0.3 is 6.03 Å². The number of piperidine rings is 1. The second kappa shape index (κ2) is 5.44. The molecule has 98 valence electrons. The normalized spacial score (nSPS) is 16.7. The zero-order valence-corrected chi connectivity index (χ0v) is 10.6. The van der Waals surface area contributed by atoms with Crippen molar-refractivity contribution in [1.29, 1.82) is 0 Å². The Morgan fingerprint density at radius 1 is 1.44 bits per heavy atom. The summed E-state index contributed by atoms with van der Waals surface area (Å²) in [6.45, 7) is 1.18. The summed E-state index contributed by atoms with van der Waals surface area (Å²) >= 11 is 5.71. The molecular formula is C12H15ClFN3O. The van der Waals surface area contributed by atoms with Gasteiger partial charge in [0, 0.05) is 19.1 Å². The zero-order valence-electron chi connectivity index (χ0n) is 9.83. The number of primary amides is 1. The first kappa shape index (κ1) is 13.0. The predicted molar refractivity (Wildman–Crippen MR) is 69.2 cm³/mol. The summed E-state index contributed by atoms with van der Waals surface area (Å²) in [4.78, 5) is 12.6. The first-order chi connectivity index (χ1) is 8.58. The average Bonchev–Trinajstić information content (AvgIpc) is 2.36. The number of nitrogens with two attached hydrogens (primary N) is 1. The molecule has 18 heavy (non-hydrogen) atoms. The van der Waals surface area contributed by atoms with E-state index < -0.39 is 11.8 Å². The molecule has 1 saturated heterocycles. The minimum absolute atomic E-state index is 0.106. The molecule has 1 heterocycles. The molecule has 2 amide bonds. The number of anilines is 1. The monoisotopic (exact) mass is 271 g/mol. The number of carbonyl (C=O) groups is 1. The fourth-order valence-corrected chi connectivity index (χ4v) is 2.25. The third-order valence-corrected chi connectivity index (χ3v) is 3.41. The Hall–Kier alpha value is -1.49. The highest BCUT2D eigenvalue weighted by atomic mass is 35.5. The molecule has 3 N–H and O–H groups in total. The highest BCUT2D eigenvalue weighted by Gasteiger charge is 2.21. The zero-order chi connectivity index (χ0) is 13.1. The minimum Gasteiger partial charge on any atom is -0.380 e. The molecule has 1 fully saturated rings. The maximum Gasteiger partial charge on any atom is 0.314 e. The number of carbonyl (C=O) groups excluding carboxylic acids is 1. The number of amides is 2. The number of nitrogens with zero attached hydrogens (tertiary/aromatic N) is 1. The topological polar surface area (TPSA) is 58.4 Å². The Labute approximate surface area is 110 Å². The molecule has 0 radical (unpaired) electrons. The third kappa shape index (κ3) is 2.85. The molecule has 1 aliphatic heterocycles. The standard InChI is InChI=1S/C12H15ClFN3O/c13-9-2-1-3-10(11(9)14)16-8-4-6-17(7-5-8)12(15)18/h1-3,8,16H,4-7H2,(H2,15,18). The highest BCUT2D eigenvalue weighted by Crippen LogP contribution is 2.24. The first-order valence-electron chi connectivity index (χ1n) is 5.83. The van der Waals surface area contributed by atoms with Crippen molar-refractivity contribution >= 4 is 23.3 Å². The molecule has 1 aromatic carbocycles. The molecule has 4 nitrogen and oxygen atoms in total. The van der Waals surface area contributed by atoms with Crippen LogP contribution in [0.5, 0.6) is 0 Å². The molecule has 6 heteroatoms. The number of likely N-dealkylation sites (tertiary alicyclic amines) is 1. The van der Waals surface area contributed by atoms with Crippen LogP contribution in [0.4, 0.5) is 14.9 Å². The van der Waals surface area contributed by atoms with Crippen molar-refractivity contribution in [2.75, 3.05) is 18.4 Å². The van der Waals surface area contributed by atoms with Gasteiger partial charge in [-0.2, -0.15) is 0 Å². The lowest BCUT2D eigenvalue weighted by atomic mass is 10.0. The van der Waals surface area contributed by atoms with E-state index in [2.05, 4.69) is 5.32 Å². The van der Waals surface area contributed by atoms with E-state index in [4.69, 9.17) is 17.3 Å². The largest absolute Gasteiger partial charge is 0.380 e. The number of rotatable bonds is 2. The lowest BCUT2D eigenvalue weighted by Gasteiger charge is -2.31. The summed E-state index contributed by atoms with van der Waals surface area (Å²) in [6.07, 6.45) is 1.49. The van der Waals surface area contributed by atoms with Gasteiger partial charge in [-0.3, -0.25) is 0 Å². The second-order valence-corrected chi connectivity index (χ2v) is 4.75. The number of hydrogen-bond acceptors (Lipinski definition) is 2. The Kier molecular flexibility index (Phi) is 3.91. The van der Waals surface area contributed by atoms with Gasteiger partial charge in [-0.25, -0.2) is 9.18 Å². The van der Waals surface area contributed by atoms with E-state index >= 15 is 0 Å². The van der Waals surface area contributed by atoms with Gasteiger partial charge in [0.1, 0.15) is 0 Å². The van der Waals surface area contributed by atoms with Gasteiger partial charge in [0.2, 0.25) is 0 Å². The molecule has 1 aliphatic rings. The average molecular weight is 272 g/mol. The van der Waals surface area contributed by atoms with Crippen LogP contribution < -0.4 is 11.1 Å². The fourth-order valence-electron chi connectivity index (χ4n) is 2.08. The smallest absolute Gasteiger partial charge is 0.314 e. The van der Waals surface area contributed by atoms with Crippen LogP contribution in [0.3, 0.4) is 0 Å². The Morgan fingerprint density at radius 3 is 2.72 bits per heavy atom. The molecule has 0 aromatic heterocycles. The van der Waals surface area contributed by atoms with Gasteiger partial charge < -0.3 is 16.0 Å². The van der Waals surface area contributed by atoms with E-state index in [1.54, 1.807) is 17.0 Å². The summed E-state index contributed by atoms with van der Waals surface area (Å²) in [6, 6.07) is 4.60. The summed E-state index contributed by atoms with van der Waals surface area (Å²) in [5.74, 6) is -0.434. The van der Waals surface area contributed by atoms with Gasteiger partial charge in [-0.1, -0.05) is 17.7 Å². The first-order valence-corrected chi connectivity index (χ1v) is 6.20. The van der Waals surface area contributed by atoms with Crippen LogP contribution in [0, 0.1) is 5.82 Å². The van der Waals surface area contributed by atoms with Crippen molar-refractivity contribution in [3.05, 3.63) is 29.0 Å². The molecule has 0 unspecified atom stereocenters. The molecule has 2 rings (SSSR count). The van der Waals surface area contributed by atoms with Crippen LogP contribution in [0.25, 0.3) is 0 Å². The van der Waals surface area contributed by atoms with Crippen LogP contribution in [-0.4, -0.2) is 30.1 Å². The van der Waals surface area contributed by atoms with Crippen molar-refractivity contribution in [3.8, 4) is 0 Å². The van der Waals surface area contributed by atoms with E-state index in [-0.39, 0.29) is 11.1 Å². The van der Waals surface area contributed by atoms with Crippen LogP contribution in [0.1, 0.15) is 12.8 Å². The van der Waals surface area contributed by atoms with Crippen molar-refractivity contribution in [2.45, 2.75) is 18.9 Å². The van der Waals surface area contributed by atoms with Crippen molar-refractivity contribution in [1.82, 2.24) is 4.90 Å². The van der Waals surface area contributed by atoms with Gasteiger partial charge in [-0.05, 0) is 25.0 Å². The lowest BCUT2D eigenvalue weighted by molar-refractivity contribution is 0.193. The molecule has 1 aromatic rings. The van der Waals surface area contributed by atoms with Crippen molar-refractivity contribution in [3.63, 3.8) is 0 Å². The maximum absolute atomic E-state index is 13.7. The number of urea groups is 1. The van der Waals surface area contributed by atoms with Gasteiger partial charge in [0.15, 0.2) is 5.82 Å². The minimum atomic E-state index is -0.434. The maximum atomic E-state index is 13.7. The van der Waals surface area contributed by atoms with Crippen molar-refractivity contribution in [2.24, 2.45) is 5.73 Å². The Morgan fingerprint density at radius 2 is 2.11 bits per heavy atom. The SMILES string of the molecule is NC(=O)N1CCC(Nc2cccc(Cl)c2F)CC1. The van der Waals surface area contributed by atoms with Crippen LogP contribution >= 0.6 is 11.6 Å². The molecule has 0 atom stereocenters. The van der Waals surface area contributed by atoms with Gasteiger partial charge in [0.25, 0.3) is 0 Å². The van der Waals surface area contributed by atoms with E-state index in [0.717, 1.165) is 12.8 Å². The van der Waals surface area contributed by atoms with Gasteiger partial charge in [-0.15, -0.1) is 0 Å². The number of benzene rings is 1. The quantitative estimate of drug-likeness (QED) is 0.868. The summed E-state index contributed by atoms with van der Waals surface area (Å²) in [7, 11) is 0. The van der Waals surface area contributed by atoms with Crippen LogP contribution in [0.2, 0.25) is 5.02 Å². The number of nitrogens with one attached hydrogen (secondary N) is 1. The van der Waals surface area contributed by atoms with Gasteiger partial charge in [0.05, 0.1) is 10.7 Å². The molecule has 0 bridgehead atoms. The fraction of sp³-hybridized carbons (Fsp3) is 0.417. The van der Waals surface area contributed by atoms with Crippen molar-refractivity contribution < 1.29 is 9.18 Å². The summed E-state index contributed by atoms with van der Waals surface area (Å²) < 4.78 is 13.7. The Balaban J connectivity index is 1.96.